The Bertz CT molecular complexity index is 2060. The normalized spacial score (nSPS) is 20.0. The van der Waals surface area contributed by atoms with E-state index in [0.29, 0.717) is 59.1 Å². The van der Waals surface area contributed by atoms with Crippen LogP contribution in [0.25, 0.3) is 0 Å². The molecule has 6 aromatic rings. The third kappa shape index (κ3) is 14.8. The van der Waals surface area contributed by atoms with Crippen molar-refractivity contribution in [1.82, 2.24) is 0 Å². The van der Waals surface area contributed by atoms with Gasteiger partial charge in [-0.05, 0) is 46.7 Å². The molecule has 0 amide bonds. The van der Waals surface area contributed by atoms with E-state index in [0.717, 1.165) is 33.4 Å². The standard InChI is InChI=1S/C54H60O8/c1-42(57-36-44-22-10-3-11-23-44)49(58-37-45-24-12-4-13-25-45)32-33-56-54-51(60-39-47-28-16-6-17-29-47)34-50(59-38-46-26-14-5-15-27-46)53(61-40-48-30-18-7-19-31-48)52(62-54)41-55-35-43-20-8-2-9-21-43/h2-31,42,49-54H,32-41H2,1H3/t42-,49+,50?,51?,52?,53-,54+/m1/s1. The number of benzene rings is 6. The van der Waals surface area contributed by atoms with Gasteiger partial charge >= 0.3 is 0 Å². The Morgan fingerprint density at radius 1 is 0.452 bits per heavy atom. The fourth-order valence-corrected chi connectivity index (χ4v) is 7.49. The molecule has 0 bridgehead atoms. The maximum Gasteiger partial charge on any atom is 0.184 e. The number of ether oxygens (including phenoxy) is 8. The second kappa shape index (κ2) is 25.2. The van der Waals surface area contributed by atoms with E-state index in [4.69, 9.17) is 37.9 Å². The smallest absolute Gasteiger partial charge is 0.184 e. The summed E-state index contributed by atoms with van der Waals surface area (Å²) in [4.78, 5) is 0. The van der Waals surface area contributed by atoms with Gasteiger partial charge in [0.2, 0.25) is 0 Å². The quantitative estimate of drug-likeness (QED) is 0.0597. The highest BCUT2D eigenvalue weighted by atomic mass is 16.7. The first-order valence-corrected chi connectivity index (χ1v) is 21.8. The Balaban J connectivity index is 1.14. The van der Waals surface area contributed by atoms with Crippen molar-refractivity contribution < 1.29 is 37.9 Å². The van der Waals surface area contributed by atoms with E-state index in [1.165, 1.54) is 0 Å². The molecule has 0 aromatic heterocycles. The SMILES string of the molecule is C[C@@H](OCc1ccccc1)[C@H](CCO[C@H]1OC(COCc2ccccc2)[C@H](OCc2ccccc2)C(OCc2ccccc2)CC1OCc1ccccc1)OCc1ccccc1. The summed E-state index contributed by atoms with van der Waals surface area (Å²) in [6, 6.07) is 61.1. The average molecular weight is 837 g/mol. The van der Waals surface area contributed by atoms with Crippen LogP contribution in [0.15, 0.2) is 182 Å². The van der Waals surface area contributed by atoms with E-state index in [1.54, 1.807) is 0 Å². The zero-order valence-electron chi connectivity index (χ0n) is 35.7. The van der Waals surface area contributed by atoms with Crippen molar-refractivity contribution in [3.05, 3.63) is 215 Å². The molecule has 324 valence electrons. The Hall–Kier alpha value is -5.00. The predicted octanol–water partition coefficient (Wildman–Crippen LogP) is 10.7. The minimum absolute atomic E-state index is 0.214. The molecule has 8 heteroatoms. The number of rotatable bonds is 24. The van der Waals surface area contributed by atoms with Gasteiger partial charge in [0.15, 0.2) is 6.29 Å². The average Bonchev–Trinajstić information content (AvgIpc) is 3.47. The predicted molar refractivity (Wildman–Crippen MR) is 241 cm³/mol. The fourth-order valence-electron chi connectivity index (χ4n) is 7.49. The van der Waals surface area contributed by atoms with Crippen LogP contribution in [-0.2, 0) is 77.5 Å². The van der Waals surface area contributed by atoms with E-state index in [9.17, 15) is 0 Å². The molecule has 0 aliphatic carbocycles. The minimum atomic E-state index is -0.771. The number of hydrogen-bond donors (Lipinski definition) is 0. The summed E-state index contributed by atoms with van der Waals surface area (Å²) in [6.45, 7) is 5.14. The molecule has 1 aliphatic heterocycles. The highest BCUT2D eigenvalue weighted by molar-refractivity contribution is 5.17. The zero-order valence-corrected chi connectivity index (χ0v) is 35.7. The highest BCUT2D eigenvalue weighted by Gasteiger charge is 2.43. The van der Waals surface area contributed by atoms with Gasteiger partial charge in [-0.1, -0.05) is 182 Å². The number of hydrogen-bond acceptors (Lipinski definition) is 8. The van der Waals surface area contributed by atoms with Crippen LogP contribution in [0.1, 0.15) is 53.1 Å². The molecule has 1 saturated heterocycles. The van der Waals surface area contributed by atoms with Gasteiger partial charge in [-0.25, -0.2) is 0 Å². The van der Waals surface area contributed by atoms with E-state index >= 15 is 0 Å². The molecule has 0 radical (unpaired) electrons. The molecule has 8 nitrogen and oxygen atoms in total. The van der Waals surface area contributed by atoms with Crippen molar-refractivity contribution >= 4 is 0 Å². The lowest BCUT2D eigenvalue weighted by molar-refractivity contribution is -0.245. The van der Waals surface area contributed by atoms with Crippen LogP contribution in [-0.4, -0.2) is 56.1 Å². The molecule has 7 rings (SSSR count). The fraction of sp³-hybridized carbons (Fsp3) is 0.333. The van der Waals surface area contributed by atoms with Gasteiger partial charge in [0.25, 0.3) is 0 Å². The summed E-state index contributed by atoms with van der Waals surface area (Å²) in [6.07, 6.45) is -2.23. The molecule has 3 unspecified atom stereocenters. The zero-order chi connectivity index (χ0) is 42.4. The summed E-state index contributed by atoms with van der Waals surface area (Å²) in [5.74, 6) is 0. The van der Waals surface area contributed by atoms with E-state index in [1.807, 2.05) is 109 Å². The second-order valence-electron chi connectivity index (χ2n) is 15.7. The largest absolute Gasteiger partial charge is 0.374 e. The summed E-state index contributed by atoms with van der Waals surface area (Å²) in [5, 5.41) is 0. The summed E-state index contributed by atoms with van der Waals surface area (Å²) in [7, 11) is 0. The second-order valence-corrected chi connectivity index (χ2v) is 15.7. The molecule has 1 heterocycles. The third-order valence-corrected chi connectivity index (χ3v) is 11.0. The van der Waals surface area contributed by atoms with Gasteiger partial charge in [-0.3, -0.25) is 0 Å². The Morgan fingerprint density at radius 3 is 1.34 bits per heavy atom. The van der Waals surface area contributed by atoms with Gasteiger partial charge in [0.1, 0.15) is 18.3 Å². The monoisotopic (exact) mass is 836 g/mol. The maximum absolute atomic E-state index is 7.06. The third-order valence-electron chi connectivity index (χ3n) is 11.0. The first kappa shape index (κ1) is 45.0. The van der Waals surface area contributed by atoms with Gasteiger partial charge in [-0.2, -0.15) is 0 Å². The van der Waals surface area contributed by atoms with Gasteiger partial charge < -0.3 is 37.9 Å². The molecule has 1 fully saturated rings. The minimum Gasteiger partial charge on any atom is -0.374 e. The first-order chi connectivity index (χ1) is 30.7. The van der Waals surface area contributed by atoms with E-state index in [2.05, 4.69) is 79.7 Å². The molecular weight excluding hydrogens is 777 g/mol. The molecule has 6 aromatic carbocycles. The van der Waals surface area contributed by atoms with Crippen LogP contribution >= 0.6 is 0 Å². The molecule has 62 heavy (non-hydrogen) atoms. The Kier molecular flexibility index (Phi) is 18.3. The summed E-state index contributed by atoms with van der Waals surface area (Å²) < 4.78 is 53.8. The molecule has 7 atom stereocenters. The molecular formula is C54H60O8. The van der Waals surface area contributed by atoms with Crippen molar-refractivity contribution in [3.63, 3.8) is 0 Å². The molecule has 0 N–H and O–H groups in total. The van der Waals surface area contributed by atoms with Crippen molar-refractivity contribution in [1.29, 1.82) is 0 Å². The lowest BCUT2D eigenvalue weighted by atomic mass is 10.0. The lowest BCUT2D eigenvalue weighted by Gasteiger charge is -2.32. The lowest BCUT2D eigenvalue weighted by Crippen LogP contribution is -2.44. The topological polar surface area (TPSA) is 73.8 Å². The first-order valence-electron chi connectivity index (χ1n) is 21.8. The van der Waals surface area contributed by atoms with Crippen LogP contribution < -0.4 is 0 Å². The van der Waals surface area contributed by atoms with Gasteiger partial charge in [-0.15, -0.1) is 0 Å². The van der Waals surface area contributed by atoms with Crippen molar-refractivity contribution in [2.75, 3.05) is 13.2 Å². The van der Waals surface area contributed by atoms with Crippen LogP contribution in [0.2, 0.25) is 0 Å². The van der Waals surface area contributed by atoms with Crippen LogP contribution in [0, 0.1) is 0 Å². The van der Waals surface area contributed by atoms with Gasteiger partial charge in [0.05, 0.1) is 71.2 Å². The maximum atomic E-state index is 7.06. The molecule has 1 aliphatic rings. The summed E-state index contributed by atoms with van der Waals surface area (Å²) in [5.41, 5.74) is 6.44. The van der Waals surface area contributed by atoms with Crippen molar-refractivity contribution in [2.45, 2.75) is 102 Å². The highest BCUT2D eigenvalue weighted by Crippen LogP contribution is 2.31. The van der Waals surface area contributed by atoms with E-state index < -0.39 is 30.7 Å². The Labute approximate surface area is 367 Å². The van der Waals surface area contributed by atoms with Crippen molar-refractivity contribution in [2.24, 2.45) is 0 Å². The van der Waals surface area contributed by atoms with Gasteiger partial charge in [0, 0.05) is 6.42 Å². The molecule has 0 saturated carbocycles. The van der Waals surface area contributed by atoms with E-state index in [-0.39, 0.29) is 18.8 Å². The summed E-state index contributed by atoms with van der Waals surface area (Å²) >= 11 is 0. The molecule has 0 spiro atoms. The van der Waals surface area contributed by atoms with Crippen LogP contribution in [0.5, 0.6) is 0 Å². The van der Waals surface area contributed by atoms with Crippen LogP contribution in [0.4, 0.5) is 0 Å². The Morgan fingerprint density at radius 2 is 0.855 bits per heavy atom. The van der Waals surface area contributed by atoms with Crippen molar-refractivity contribution in [3.8, 4) is 0 Å². The van der Waals surface area contributed by atoms with Crippen LogP contribution in [0.3, 0.4) is 0 Å².